The van der Waals surface area contributed by atoms with Gasteiger partial charge in [0.25, 0.3) is 0 Å². The van der Waals surface area contributed by atoms with Gasteiger partial charge < -0.3 is 25.5 Å². The molecule has 1 amide bonds. The smallest absolute Gasteiger partial charge is 0.217 e. The molecule has 36 heavy (non-hydrogen) atoms. The lowest BCUT2D eigenvalue weighted by Crippen LogP contribution is -2.48. The quantitative estimate of drug-likeness (QED) is 0.441. The van der Waals surface area contributed by atoms with Gasteiger partial charge in [-0.3, -0.25) is 4.79 Å². The molecule has 0 saturated carbocycles. The molecule has 2 atom stereocenters. The average Bonchev–Trinajstić information content (AvgIpc) is 2.78. The summed E-state index contributed by atoms with van der Waals surface area (Å²) in [6.07, 6.45) is 0.173. The summed E-state index contributed by atoms with van der Waals surface area (Å²) in [5, 5.41) is 16.9. The molecule has 1 fully saturated rings. The molecule has 198 valence electrons. The zero-order chi connectivity index (χ0) is 26.2. The van der Waals surface area contributed by atoms with E-state index in [2.05, 4.69) is 59.5 Å². The van der Waals surface area contributed by atoms with Crippen molar-refractivity contribution in [3.63, 3.8) is 0 Å². The van der Waals surface area contributed by atoms with Crippen LogP contribution in [0.15, 0.2) is 36.4 Å². The van der Waals surface area contributed by atoms with Crippen LogP contribution in [0.2, 0.25) is 0 Å². The number of halogens is 2. The number of likely N-dealkylation sites (N-methyl/N-ethyl adjacent to an activating group) is 1. The summed E-state index contributed by atoms with van der Waals surface area (Å²) in [5.41, 5.74) is 4.04. The Hall–Kier alpha value is -2.55. The minimum atomic E-state index is -0.939. The van der Waals surface area contributed by atoms with Crippen molar-refractivity contribution in [1.29, 1.82) is 0 Å². The topological polar surface area (TPSA) is 67.8 Å². The average molecular weight is 503 g/mol. The van der Waals surface area contributed by atoms with Gasteiger partial charge in [0, 0.05) is 57.9 Å². The van der Waals surface area contributed by atoms with Crippen molar-refractivity contribution in [3.8, 4) is 0 Å². The van der Waals surface area contributed by atoms with Crippen molar-refractivity contribution < 1.29 is 18.7 Å². The largest absolute Gasteiger partial charge is 0.390 e. The van der Waals surface area contributed by atoms with E-state index in [0.29, 0.717) is 18.0 Å². The standard InChI is InChI=1S/C28H40F2N4O2/c1-19(2)11-21-5-6-27(34-9-7-33(4)8-10-34)23(12-21)17-31-18-28(36)26(32-20(3)35)15-22-13-24(29)16-25(30)14-22/h5-6,12-14,16,19,26,28,31,36H,7-11,15,17-18H2,1-4H3,(H,32,35). The monoisotopic (exact) mass is 502 g/mol. The van der Waals surface area contributed by atoms with Gasteiger partial charge in [-0.05, 0) is 60.7 Å². The first-order chi connectivity index (χ1) is 17.1. The first-order valence-corrected chi connectivity index (χ1v) is 12.8. The SMILES string of the molecule is CC(=O)NC(Cc1cc(F)cc(F)c1)C(O)CNCc1cc(CC(C)C)ccc1N1CCN(C)CC1. The fraction of sp³-hybridized carbons (Fsp3) is 0.536. The van der Waals surface area contributed by atoms with E-state index in [9.17, 15) is 18.7 Å². The van der Waals surface area contributed by atoms with Crippen molar-refractivity contribution in [2.75, 3.05) is 44.7 Å². The maximum absolute atomic E-state index is 13.6. The number of carbonyl (C=O) groups excluding carboxylic acids is 1. The summed E-state index contributed by atoms with van der Waals surface area (Å²) < 4.78 is 27.3. The van der Waals surface area contributed by atoms with Crippen LogP contribution in [0.25, 0.3) is 0 Å². The number of carbonyl (C=O) groups is 1. The van der Waals surface area contributed by atoms with Crippen LogP contribution in [-0.4, -0.2) is 67.8 Å². The highest BCUT2D eigenvalue weighted by Crippen LogP contribution is 2.25. The van der Waals surface area contributed by atoms with Crippen molar-refractivity contribution >= 4 is 11.6 Å². The molecule has 0 aliphatic carbocycles. The van der Waals surface area contributed by atoms with Gasteiger partial charge in [-0.15, -0.1) is 0 Å². The minimum absolute atomic E-state index is 0.119. The Morgan fingerprint density at radius 1 is 1.00 bits per heavy atom. The van der Waals surface area contributed by atoms with Gasteiger partial charge in [0.15, 0.2) is 0 Å². The maximum atomic E-state index is 13.6. The number of amides is 1. The van der Waals surface area contributed by atoms with E-state index in [1.54, 1.807) is 0 Å². The van der Waals surface area contributed by atoms with Crippen LogP contribution in [0.4, 0.5) is 14.5 Å². The van der Waals surface area contributed by atoms with Gasteiger partial charge >= 0.3 is 0 Å². The van der Waals surface area contributed by atoms with Crippen LogP contribution >= 0.6 is 0 Å². The highest BCUT2D eigenvalue weighted by atomic mass is 19.1. The van der Waals surface area contributed by atoms with Crippen LogP contribution in [-0.2, 0) is 24.2 Å². The van der Waals surface area contributed by atoms with Crippen molar-refractivity contribution in [3.05, 3.63) is 64.7 Å². The van der Waals surface area contributed by atoms with Crippen LogP contribution in [0.3, 0.4) is 0 Å². The second-order valence-electron chi connectivity index (χ2n) is 10.3. The Bertz CT molecular complexity index is 989. The van der Waals surface area contributed by atoms with Crippen LogP contribution in [0, 0.1) is 17.6 Å². The van der Waals surface area contributed by atoms with Gasteiger partial charge in [-0.1, -0.05) is 26.0 Å². The van der Waals surface area contributed by atoms with Gasteiger partial charge in [0.2, 0.25) is 5.91 Å². The van der Waals surface area contributed by atoms with E-state index in [-0.39, 0.29) is 18.9 Å². The molecule has 6 nitrogen and oxygen atoms in total. The lowest BCUT2D eigenvalue weighted by molar-refractivity contribution is -0.120. The van der Waals surface area contributed by atoms with Crippen molar-refractivity contribution in [2.45, 2.75) is 52.3 Å². The fourth-order valence-corrected chi connectivity index (χ4v) is 4.76. The first-order valence-electron chi connectivity index (χ1n) is 12.8. The number of aliphatic hydroxyl groups excluding tert-OH is 1. The molecular weight excluding hydrogens is 462 g/mol. The van der Waals surface area contributed by atoms with Gasteiger partial charge in [-0.25, -0.2) is 8.78 Å². The summed E-state index contributed by atoms with van der Waals surface area (Å²) in [5.74, 6) is -1.13. The molecule has 1 saturated heterocycles. The Balaban J connectivity index is 1.69. The predicted molar refractivity (Wildman–Crippen MR) is 140 cm³/mol. The maximum Gasteiger partial charge on any atom is 0.217 e. The number of hydrogen-bond acceptors (Lipinski definition) is 5. The van der Waals surface area contributed by atoms with E-state index < -0.39 is 23.8 Å². The van der Waals surface area contributed by atoms with E-state index in [0.717, 1.165) is 38.7 Å². The number of benzene rings is 2. The zero-order valence-corrected chi connectivity index (χ0v) is 21.9. The van der Waals surface area contributed by atoms with Crippen LogP contribution in [0.5, 0.6) is 0 Å². The highest BCUT2D eigenvalue weighted by Gasteiger charge is 2.22. The lowest BCUT2D eigenvalue weighted by Gasteiger charge is -2.35. The second-order valence-corrected chi connectivity index (χ2v) is 10.3. The number of rotatable bonds is 11. The van der Waals surface area contributed by atoms with E-state index in [1.807, 2.05) is 0 Å². The number of hydrogen-bond donors (Lipinski definition) is 3. The molecule has 8 heteroatoms. The molecule has 1 aliphatic heterocycles. The molecule has 0 spiro atoms. The zero-order valence-electron chi connectivity index (χ0n) is 21.9. The molecule has 0 aromatic heterocycles. The molecule has 2 aromatic carbocycles. The number of aliphatic hydroxyl groups is 1. The summed E-state index contributed by atoms with van der Waals surface area (Å²) >= 11 is 0. The first kappa shape index (κ1) is 28.0. The molecule has 0 radical (unpaired) electrons. The molecule has 1 aliphatic rings. The number of nitrogens with one attached hydrogen (secondary N) is 2. The Kier molecular flexibility index (Phi) is 10.2. The highest BCUT2D eigenvalue weighted by molar-refractivity contribution is 5.73. The summed E-state index contributed by atoms with van der Waals surface area (Å²) in [7, 11) is 2.14. The number of anilines is 1. The van der Waals surface area contributed by atoms with E-state index >= 15 is 0 Å². The fourth-order valence-electron chi connectivity index (χ4n) is 4.76. The van der Waals surface area contributed by atoms with Gasteiger partial charge in [-0.2, -0.15) is 0 Å². The van der Waals surface area contributed by atoms with Crippen LogP contribution in [0.1, 0.15) is 37.5 Å². The Morgan fingerprint density at radius 2 is 1.67 bits per heavy atom. The Morgan fingerprint density at radius 3 is 2.28 bits per heavy atom. The summed E-state index contributed by atoms with van der Waals surface area (Å²) in [6.45, 7) is 10.5. The van der Waals surface area contributed by atoms with Crippen LogP contribution < -0.4 is 15.5 Å². The molecule has 3 N–H and O–H groups in total. The third kappa shape index (κ3) is 8.54. The van der Waals surface area contributed by atoms with Crippen molar-refractivity contribution in [2.24, 2.45) is 5.92 Å². The summed E-state index contributed by atoms with van der Waals surface area (Å²) in [4.78, 5) is 16.5. The van der Waals surface area contributed by atoms with Gasteiger partial charge in [0.1, 0.15) is 11.6 Å². The molecule has 3 rings (SSSR count). The third-order valence-corrected chi connectivity index (χ3v) is 6.53. The van der Waals surface area contributed by atoms with Gasteiger partial charge in [0.05, 0.1) is 12.1 Å². The number of nitrogens with zero attached hydrogens (tertiary/aromatic N) is 2. The minimum Gasteiger partial charge on any atom is -0.390 e. The molecular formula is C28H40F2N4O2. The lowest BCUT2D eigenvalue weighted by atomic mass is 9.98. The molecule has 0 bridgehead atoms. The molecule has 2 unspecified atom stereocenters. The Labute approximate surface area is 213 Å². The summed E-state index contributed by atoms with van der Waals surface area (Å²) in [6, 6.07) is 9.22. The molecule has 2 aromatic rings. The van der Waals surface area contributed by atoms with E-state index in [4.69, 9.17) is 0 Å². The normalized spacial score (nSPS) is 16.3. The predicted octanol–water partition coefficient (Wildman–Crippen LogP) is 3.11. The second kappa shape index (κ2) is 13.1. The number of piperazine rings is 1. The van der Waals surface area contributed by atoms with Crippen molar-refractivity contribution in [1.82, 2.24) is 15.5 Å². The molecule has 1 heterocycles. The third-order valence-electron chi connectivity index (χ3n) is 6.53. The van der Waals surface area contributed by atoms with E-state index in [1.165, 1.54) is 35.9 Å².